The van der Waals surface area contributed by atoms with E-state index in [0.29, 0.717) is 23.7 Å². The first-order chi connectivity index (χ1) is 8.87. The SMILES string of the molecule is CCCCCC[C@@H]1C[C@@]1(C(=O)O)C(C(C)C)C(C)C. The number of carboxylic acids is 1. The van der Waals surface area contributed by atoms with Crippen molar-refractivity contribution in [2.45, 2.75) is 73.1 Å². The van der Waals surface area contributed by atoms with Crippen molar-refractivity contribution >= 4 is 5.97 Å². The van der Waals surface area contributed by atoms with Gasteiger partial charge in [0.15, 0.2) is 0 Å². The molecule has 1 saturated carbocycles. The van der Waals surface area contributed by atoms with Gasteiger partial charge in [-0.3, -0.25) is 4.79 Å². The number of hydrogen-bond acceptors (Lipinski definition) is 1. The summed E-state index contributed by atoms with van der Waals surface area (Å²) in [6.45, 7) is 10.9. The van der Waals surface area contributed by atoms with E-state index >= 15 is 0 Å². The molecule has 1 fully saturated rings. The van der Waals surface area contributed by atoms with E-state index in [2.05, 4.69) is 34.6 Å². The molecule has 1 N–H and O–H groups in total. The van der Waals surface area contributed by atoms with Crippen LogP contribution in [0.2, 0.25) is 0 Å². The van der Waals surface area contributed by atoms with Gasteiger partial charge in [0.1, 0.15) is 0 Å². The third kappa shape index (κ3) is 3.52. The largest absolute Gasteiger partial charge is 0.481 e. The fourth-order valence-electron chi connectivity index (χ4n) is 4.30. The minimum atomic E-state index is -0.541. The minimum absolute atomic E-state index is 0.321. The predicted molar refractivity (Wildman–Crippen MR) is 80.1 cm³/mol. The van der Waals surface area contributed by atoms with Gasteiger partial charge in [0.25, 0.3) is 0 Å². The molecule has 0 unspecified atom stereocenters. The van der Waals surface area contributed by atoms with E-state index in [1.54, 1.807) is 0 Å². The zero-order valence-corrected chi connectivity index (χ0v) is 13.4. The fourth-order valence-corrected chi connectivity index (χ4v) is 4.30. The Balaban J connectivity index is 2.66. The van der Waals surface area contributed by atoms with E-state index < -0.39 is 11.4 Å². The lowest BCUT2D eigenvalue weighted by Crippen LogP contribution is -2.34. The standard InChI is InChI=1S/C17H32O2/c1-6-7-8-9-10-14-11-17(14,16(18)19)15(12(2)3)13(4)5/h12-15H,6-11H2,1-5H3,(H,18,19)/t14-,17+/m1/s1. The summed E-state index contributed by atoms with van der Waals surface area (Å²) in [5.41, 5.74) is -0.408. The molecule has 112 valence electrons. The van der Waals surface area contributed by atoms with E-state index in [0.717, 1.165) is 12.8 Å². The Bertz CT molecular complexity index is 288. The molecule has 0 saturated heterocycles. The molecule has 1 aliphatic carbocycles. The van der Waals surface area contributed by atoms with E-state index in [9.17, 15) is 9.90 Å². The lowest BCUT2D eigenvalue weighted by molar-refractivity contribution is -0.148. The van der Waals surface area contributed by atoms with Gasteiger partial charge in [-0.15, -0.1) is 0 Å². The summed E-state index contributed by atoms with van der Waals surface area (Å²) in [7, 11) is 0. The molecule has 1 aliphatic rings. The molecule has 2 atom stereocenters. The van der Waals surface area contributed by atoms with Crippen LogP contribution in [0.15, 0.2) is 0 Å². The number of rotatable bonds is 9. The van der Waals surface area contributed by atoms with Gasteiger partial charge in [-0.05, 0) is 36.5 Å². The first-order valence-electron chi connectivity index (χ1n) is 8.11. The highest BCUT2D eigenvalue weighted by molar-refractivity contribution is 5.79. The van der Waals surface area contributed by atoms with Crippen molar-refractivity contribution in [3.63, 3.8) is 0 Å². The molecule has 0 amide bonds. The summed E-state index contributed by atoms with van der Waals surface area (Å²) < 4.78 is 0. The van der Waals surface area contributed by atoms with E-state index in [1.807, 2.05) is 0 Å². The van der Waals surface area contributed by atoms with Crippen molar-refractivity contribution in [3.8, 4) is 0 Å². The van der Waals surface area contributed by atoms with Crippen LogP contribution in [0.1, 0.15) is 73.1 Å². The highest BCUT2D eigenvalue weighted by Gasteiger charge is 2.64. The van der Waals surface area contributed by atoms with Crippen LogP contribution in [-0.4, -0.2) is 11.1 Å². The van der Waals surface area contributed by atoms with Crippen LogP contribution in [-0.2, 0) is 4.79 Å². The van der Waals surface area contributed by atoms with Gasteiger partial charge in [0.2, 0.25) is 0 Å². The van der Waals surface area contributed by atoms with Crippen LogP contribution < -0.4 is 0 Å². The predicted octanol–water partition coefficient (Wildman–Crippen LogP) is 4.98. The summed E-state index contributed by atoms with van der Waals surface area (Å²) in [4.78, 5) is 11.8. The van der Waals surface area contributed by atoms with Gasteiger partial charge in [-0.2, -0.15) is 0 Å². The summed E-state index contributed by atoms with van der Waals surface area (Å²) >= 11 is 0. The Morgan fingerprint density at radius 3 is 2.16 bits per heavy atom. The van der Waals surface area contributed by atoms with Crippen LogP contribution in [0.3, 0.4) is 0 Å². The summed E-state index contributed by atoms with van der Waals surface area (Å²) in [5.74, 6) is 1.12. The van der Waals surface area contributed by atoms with Crippen LogP contribution >= 0.6 is 0 Å². The maximum atomic E-state index is 11.8. The van der Waals surface area contributed by atoms with Crippen LogP contribution in [0.5, 0.6) is 0 Å². The Kier molecular flexibility index (Phi) is 5.88. The number of unbranched alkanes of at least 4 members (excludes halogenated alkanes) is 3. The van der Waals surface area contributed by atoms with Crippen molar-refractivity contribution in [1.82, 2.24) is 0 Å². The Morgan fingerprint density at radius 1 is 1.16 bits per heavy atom. The highest BCUT2D eigenvalue weighted by Crippen LogP contribution is 2.63. The van der Waals surface area contributed by atoms with Crippen molar-refractivity contribution in [2.24, 2.45) is 29.1 Å². The van der Waals surface area contributed by atoms with E-state index in [-0.39, 0.29) is 0 Å². The molecule has 1 rings (SSSR count). The monoisotopic (exact) mass is 268 g/mol. The smallest absolute Gasteiger partial charge is 0.310 e. The normalized spacial score (nSPS) is 26.4. The van der Waals surface area contributed by atoms with Crippen LogP contribution in [0, 0.1) is 29.1 Å². The van der Waals surface area contributed by atoms with Crippen LogP contribution in [0.25, 0.3) is 0 Å². The molecule has 0 radical (unpaired) electrons. The lowest BCUT2D eigenvalue weighted by atomic mass is 9.72. The fraction of sp³-hybridized carbons (Fsp3) is 0.941. The van der Waals surface area contributed by atoms with Crippen LogP contribution in [0.4, 0.5) is 0 Å². The molecule has 2 nitrogen and oxygen atoms in total. The Labute approximate surface area is 119 Å². The average molecular weight is 268 g/mol. The number of aliphatic carboxylic acids is 1. The highest BCUT2D eigenvalue weighted by atomic mass is 16.4. The second kappa shape index (κ2) is 6.76. The number of carboxylic acid groups (broad SMARTS) is 1. The van der Waals surface area contributed by atoms with Gasteiger partial charge in [-0.1, -0.05) is 60.3 Å². The second-order valence-corrected chi connectivity index (χ2v) is 7.11. The molecular weight excluding hydrogens is 236 g/mol. The van der Waals surface area contributed by atoms with Gasteiger partial charge in [-0.25, -0.2) is 0 Å². The molecule has 0 spiro atoms. The maximum Gasteiger partial charge on any atom is 0.310 e. The quantitative estimate of drug-likeness (QED) is 0.599. The van der Waals surface area contributed by atoms with E-state index in [4.69, 9.17) is 0 Å². The van der Waals surface area contributed by atoms with Gasteiger partial charge < -0.3 is 5.11 Å². The minimum Gasteiger partial charge on any atom is -0.481 e. The molecule has 0 aromatic carbocycles. The number of hydrogen-bond donors (Lipinski definition) is 1. The topological polar surface area (TPSA) is 37.3 Å². The third-order valence-corrected chi connectivity index (χ3v) is 4.99. The molecule has 0 aromatic rings. The van der Waals surface area contributed by atoms with Crippen molar-refractivity contribution < 1.29 is 9.90 Å². The molecular formula is C17H32O2. The summed E-state index contributed by atoms with van der Waals surface area (Å²) in [5, 5.41) is 9.75. The van der Waals surface area contributed by atoms with Gasteiger partial charge >= 0.3 is 5.97 Å². The molecule has 0 heterocycles. The van der Waals surface area contributed by atoms with Gasteiger partial charge in [0.05, 0.1) is 5.41 Å². The van der Waals surface area contributed by atoms with Crippen molar-refractivity contribution in [1.29, 1.82) is 0 Å². The summed E-state index contributed by atoms with van der Waals surface area (Å²) in [6, 6.07) is 0. The first kappa shape index (κ1) is 16.5. The van der Waals surface area contributed by atoms with E-state index in [1.165, 1.54) is 25.7 Å². The first-order valence-corrected chi connectivity index (χ1v) is 8.11. The van der Waals surface area contributed by atoms with Gasteiger partial charge in [0, 0.05) is 0 Å². The average Bonchev–Trinajstić information content (AvgIpc) is 2.99. The maximum absolute atomic E-state index is 11.8. The van der Waals surface area contributed by atoms with Crippen molar-refractivity contribution in [2.75, 3.05) is 0 Å². The molecule has 0 aliphatic heterocycles. The second-order valence-electron chi connectivity index (χ2n) is 7.11. The Hall–Kier alpha value is -0.530. The zero-order valence-electron chi connectivity index (χ0n) is 13.4. The molecule has 0 bridgehead atoms. The molecule has 0 aromatic heterocycles. The molecule has 2 heteroatoms. The summed E-state index contributed by atoms with van der Waals surface area (Å²) in [6.07, 6.45) is 7.02. The van der Waals surface area contributed by atoms with Crippen molar-refractivity contribution in [3.05, 3.63) is 0 Å². The zero-order chi connectivity index (χ0) is 14.6. The number of carbonyl (C=O) groups is 1. The lowest BCUT2D eigenvalue weighted by Gasteiger charge is -2.32. The third-order valence-electron chi connectivity index (χ3n) is 4.99. The molecule has 19 heavy (non-hydrogen) atoms. The Morgan fingerprint density at radius 2 is 1.74 bits per heavy atom.